The Hall–Kier alpha value is -4.00. The van der Waals surface area contributed by atoms with Gasteiger partial charge in [-0.05, 0) is 42.5 Å². The van der Waals surface area contributed by atoms with Crippen molar-refractivity contribution in [3.63, 3.8) is 0 Å². The number of rotatable bonds is 4. The molecular formula is C24H21N5O2. The minimum atomic E-state index is -0.0822. The molecule has 1 fully saturated rings. The van der Waals surface area contributed by atoms with Crippen molar-refractivity contribution in [1.82, 2.24) is 25.1 Å². The van der Waals surface area contributed by atoms with Crippen molar-refractivity contribution in [2.45, 2.75) is 11.8 Å². The lowest BCUT2D eigenvalue weighted by molar-refractivity contribution is -0.125. The average molecular weight is 411 g/mol. The van der Waals surface area contributed by atoms with E-state index in [0.29, 0.717) is 30.0 Å². The van der Waals surface area contributed by atoms with E-state index in [4.69, 9.17) is 0 Å². The summed E-state index contributed by atoms with van der Waals surface area (Å²) < 4.78 is 0. The summed E-state index contributed by atoms with van der Waals surface area (Å²) in [6, 6.07) is 16.9. The van der Waals surface area contributed by atoms with E-state index >= 15 is 0 Å². The van der Waals surface area contributed by atoms with E-state index < -0.39 is 0 Å². The first kappa shape index (κ1) is 19.0. The third-order valence-electron chi connectivity index (χ3n) is 5.85. The molecule has 4 heterocycles. The van der Waals surface area contributed by atoms with Crippen LogP contribution in [0.5, 0.6) is 5.75 Å². The van der Waals surface area contributed by atoms with Crippen molar-refractivity contribution >= 4 is 16.9 Å². The zero-order valence-corrected chi connectivity index (χ0v) is 16.8. The number of aromatic amines is 1. The van der Waals surface area contributed by atoms with Gasteiger partial charge in [-0.3, -0.25) is 9.78 Å². The number of aromatic nitrogens is 4. The van der Waals surface area contributed by atoms with Gasteiger partial charge in [0.2, 0.25) is 5.91 Å². The number of H-pyrrole nitrogens is 1. The topological polar surface area (TPSA) is 95.0 Å². The predicted octanol–water partition coefficient (Wildman–Crippen LogP) is 3.62. The monoisotopic (exact) mass is 411 g/mol. The number of nitrogens with one attached hydrogen (secondary N) is 1. The lowest BCUT2D eigenvalue weighted by Crippen LogP contribution is -2.26. The Morgan fingerprint density at radius 2 is 1.90 bits per heavy atom. The Morgan fingerprint density at radius 1 is 1.10 bits per heavy atom. The maximum absolute atomic E-state index is 12.3. The summed E-state index contributed by atoms with van der Waals surface area (Å²) in [5.41, 5.74) is 3.84. The average Bonchev–Trinajstić information content (AvgIpc) is 3.43. The molecule has 1 aliphatic rings. The van der Waals surface area contributed by atoms with Gasteiger partial charge in [0.1, 0.15) is 5.75 Å². The zero-order chi connectivity index (χ0) is 21.4. The first-order chi connectivity index (χ1) is 15.1. The van der Waals surface area contributed by atoms with E-state index in [2.05, 4.69) is 32.8 Å². The van der Waals surface area contributed by atoms with Gasteiger partial charge in [-0.1, -0.05) is 24.8 Å². The van der Waals surface area contributed by atoms with Gasteiger partial charge in [-0.25, -0.2) is 0 Å². The molecule has 5 rings (SSSR count). The number of carbonyl (C=O) groups is 1. The van der Waals surface area contributed by atoms with E-state index in [9.17, 15) is 9.90 Å². The molecule has 3 aromatic heterocycles. The van der Waals surface area contributed by atoms with Crippen LogP contribution in [-0.4, -0.2) is 49.2 Å². The van der Waals surface area contributed by atoms with Gasteiger partial charge in [0.05, 0.1) is 5.69 Å². The van der Waals surface area contributed by atoms with Gasteiger partial charge >= 0.3 is 0 Å². The Bertz CT molecular complexity index is 1270. The van der Waals surface area contributed by atoms with E-state index in [0.717, 1.165) is 16.8 Å². The minimum absolute atomic E-state index is 0.0431. The first-order valence-corrected chi connectivity index (χ1v) is 10.1. The molecular weight excluding hydrogens is 390 g/mol. The number of aromatic hydroxyl groups is 1. The van der Waals surface area contributed by atoms with Gasteiger partial charge in [0.15, 0.2) is 5.65 Å². The van der Waals surface area contributed by atoms with Gasteiger partial charge in [-0.15, -0.1) is 10.2 Å². The molecule has 31 heavy (non-hydrogen) atoms. The number of likely N-dealkylation sites (tertiary alicyclic amines) is 1. The zero-order valence-electron chi connectivity index (χ0n) is 16.8. The largest absolute Gasteiger partial charge is 0.507 e. The van der Waals surface area contributed by atoms with Crippen LogP contribution in [0.3, 0.4) is 0 Å². The number of hydrogen-bond donors (Lipinski definition) is 2. The lowest BCUT2D eigenvalue weighted by atomic mass is 9.90. The summed E-state index contributed by atoms with van der Waals surface area (Å²) in [4.78, 5) is 22.0. The van der Waals surface area contributed by atoms with Crippen LogP contribution in [0.15, 0.2) is 73.4 Å². The van der Waals surface area contributed by atoms with Gasteiger partial charge < -0.3 is 15.0 Å². The number of fused-ring (bicyclic) bond motifs is 1. The maximum atomic E-state index is 12.3. The molecule has 0 bridgehead atoms. The van der Waals surface area contributed by atoms with Gasteiger partial charge in [0, 0.05) is 53.5 Å². The second-order valence-corrected chi connectivity index (χ2v) is 7.69. The number of carbonyl (C=O) groups excluding carboxylic acids is 1. The van der Waals surface area contributed by atoms with Crippen LogP contribution in [0.1, 0.15) is 23.2 Å². The molecule has 1 amide bonds. The fourth-order valence-corrected chi connectivity index (χ4v) is 4.30. The Balaban J connectivity index is 1.54. The number of nitrogens with zero attached hydrogens (tertiary/aromatic N) is 4. The van der Waals surface area contributed by atoms with Gasteiger partial charge in [0.25, 0.3) is 0 Å². The first-order valence-electron chi connectivity index (χ1n) is 10.1. The predicted molar refractivity (Wildman–Crippen MR) is 117 cm³/mol. The molecule has 7 nitrogen and oxygen atoms in total. The molecule has 2 N–H and O–H groups in total. The van der Waals surface area contributed by atoms with Crippen molar-refractivity contribution < 1.29 is 9.90 Å². The van der Waals surface area contributed by atoms with Crippen LogP contribution in [0, 0.1) is 0 Å². The highest BCUT2D eigenvalue weighted by atomic mass is 16.3. The third-order valence-corrected chi connectivity index (χ3v) is 5.85. The Morgan fingerprint density at radius 3 is 2.68 bits per heavy atom. The standard InChI is InChI=1S/C24H21N5O2/c1-2-23(31)29-13-17(19-8-5-6-10-25-19)18(14-29)20-11-15-12-21(27-28-24(15)26-20)16-7-3-4-9-22(16)30/h2-12,17-18,30H,1,13-14H2,(H,26,28)/t17-,18-/m0/s1. The highest BCUT2D eigenvalue weighted by molar-refractivity contribution is 5.87. The normalized spacial score (nSPS) is 18.4. The molecule has 0 aliphatic carbocycles. The molecule has 0 saturated carbocycles. The fourth-order valence-electron chi connectivity index (χ4n) is 4.30. The molecule has 1 aliphatic heterocycles. The summed E-state index contributed by atoms with van der Waals surface area (Å²) in [5, 5.41) is 19.7. The summed E-state index contributed by atoms with van der Waals surface area (Å²) >= 11 is 0. The van der Waals surface area contributed by atoms with E-state index in [-0.39, 0.29) is 23.5 Å². The number of amides is 1. The Kier molecular flexibility index (Phi) is 4.71. The molecule has 154 valence electrons. The van der Waals surface area contributed by atoms with Crippen LogP contribution in [-0.2, 0) is 4.79 Å². The number of phenols is 1. The molecule has 1 aromatic carbocycles. The number of phenolic OH excluding ortho intramolecular Hbond substituents is 1. The highest BCUT2D eigenvalue weighted by Gasteiger charge is 2.38. The molecule has 0 spiro atoms. The number of hydrogen-bond acceptors (Lipinski definition) is 5. The molecule has 7 heteroatoms. The van der Waals surface area contributed by atoms with Crippen molar-refractivity contribution in [3.05, 3.63) is 84.8 Å². The van der Waals surface area contributed by atoms with E-state index in [1.165, 1.54) is 6.08 Å². The molecule has 0 radical (unpaired) electrons. The van der Waals surface area contributed by atoms with Crippen molar-refractivity contribution in [1.29, 1.82) is 0 Å². The van der Waals surface area contributed by atoms with Crippen LogP contribution >= 0.6 is 0 Å². The minimum Gasteiger partial charge on any atom is -0.507 e. The SMILES string of the molecule is C=CC(=O)N1C[C@H](c2ccccn2)[C@@H](c2cc3cc(-c4ccccc4O)nnc3[nH]2)C1. The van der Waals surface area contributed by atoms with E-state index in [1.807, 2.05) is 41.3 Å². The summed E-state index contributed by atoms with van der Waals surface area (Å²) in [7, 11) is 0. The van der Waals surface area contributed by atoms with Crippen molar-refractivity contribution in [2.75, 3.05) is 13.1 Å². The number of para-hydroxylation sites is 1. The Labute approximate surface area is 179 Å². The fraction of sp³-hybridized carbons (Fsp3) is 0.167. The van der Waals surface area contributed by atoms with E-state index in [1.54, 1.807) is 18.3 Å². The van der Waals surface area contributed by atoms with Crippen molar-refractivity contribution in [3.8, 4) is 17.0 Å². The van der Waals surface area contributed by atoms with Crippen molar-refractivity contribution in [2.24, 2.45) is 0 Å². The van der Waals surface area contributed by atoms with Crippen LogP contribution in [0.2, 0.25) is 0 Å². The summed E-state index contributed by atoms with van der Waals surface area (Å²) in [6.45, 7) is 4.78. The van der Waals surface area contributed by atoms with Gasteiger partial charge in [-0.2, -0.15) is 0 Å². The summed E-state index contributed by atoms with van der Waals surface area (Å²) in [5.74, 6) is 0.183. The molecule has 1 saturated heterocycles. The second-order valence-electron chi connectivity index (χ2n) is 7.69. The quantitative estimate of drug-likeness (QED) is 0.500. The molecule has 2 atom stereocenters. The maximum Gasteiger partial charge on any atom is 0.245 e. The third kappa shape index (κ3) is 3.44. The smallest absolute Gasteiger partial charge is 0.245 e. The highest BCUT2D eigenvalue weighted by Crippen LogP contribution is 2.39. The number of pyridine rings is 1. The summed E-state index contributed by atoms with van der Waals surface area (Å²) in [6.07, 6.45) is 3.13. The molecule has 0 unspecified atom stereocenters. The van der Waals surface area contributed by atoms with Crippen LogP contribution in [0.25, 0.3) is 22.3 Å². The second kappa shape index (κ2) is 7.68. The molecule has 4 aromatic rings. The van der Waals surface area contributed by atoms with Crippen LogP contribution < -0.4 is 0 Å². The lowest BCUT2D eigenvalue weighted by Gasteiger charge is -2.16. The van der Waals surface area contributed by atoms with Crippen LogP contribution in [0.4, 0.5) is 0 Å². The number of benzene rings is 1.